The summed E-state index contributed by atoms with van der Waals surface area (Å²) in [5.74, 6) is -0.656. The van der Waals surface area contributed by atoms with Gasteiger partial charge in [-0.1, -0.05) is 30.3 Å². The molecule has 0 aliphatic heterocycles. The van der Waals surface area contributed by atoms with Crippen LogP contribution in [-0.2, 0) is 6.42 Å². The fourth-order valence-electron chi connectivity index (χ4n) is 2.44. The topological polar surface area (TPSA) is 62.0 Å². The highest BCUT2D eigenvalue weighted by atomic mass is 19.1. The van der Waals surface area contributed by atoms with Gasteiger partial charge in [0.25, 0.3) is 11.5 Å². The first kappa shape index (κ1) is 15.0. The van der Waals surface area contributed by atoms with E-state index < -0.39 is 0 Å². The zero-order valence-corrected chi connectivity index (χ0v) is 12.3. The summed E-state index contributed by atoms with van der Waals surface area (Å²) in [6, 6.07) is 15.0. The number of aromatic nitrogens is 1. The van der Waals surface area contributed by atoms with E-state index in [0.29, 0.717) is 23.7 Å². The van der Waals surface area contributed by atoms with Gasteiger partial charge in [-0.2, -0.15) is 0 Å². The van der Waals surface area contributed by atoms with Crippen LogP contribution in [0.5, 0.6) is 0 Å². The Hall–Kier alpha value is -2.95. The summed E-state index contributed by atoms with van der Waals surface area (Å²) in [5.41, 5.74) is 0.726. The maximum Gasteiger partial charge on any atom is 0.267 e. The molecule has 0 bridgehead atoms. The summed E-state index contributed by atoms with van der Waals surface area (Å²) in [6.07, 6.45) is 0.515. The highest BCUT2D eigenvalue weighted by Gasteiger charge is 2.09. The van der Waals surface area contributed by atoms with E-state index in [1.807, 2.05) is 6.07 Å². The van der Waals surface area contributed by atoms with Crippen molar-refractivity contribution in [1.29, 1.82) is 0 Å². The Morgan fingerprint density at radius 3 is 2.74 bits per heavy atom. The van der Waals surface area contributed by atoms with Crippen LogP contribution in [0.3, 0.4) is 0 Å². The minimum Gasteiger partial charge on any atom is -0.350 e. The van der Waals surface area contributed by atoms with E-state index in [0.717, 1.165) is 5.56 Å². The fourth-order valence-corrected chi connectivity index (χ4v) is 2.44. The molecule has 0 radical (unpaired) electrons. The van der Waals surface area contributed by atoms with E-state index in [2.05, 4.69) is 10.3 Å². The van der Waals surface area contributed by atoms with Crippen molar-refractivity contribution < 1.29 is 9.18 Å². The number of carbonyl (C=O) groups is 1. The molecule has 116 valence electrons. The van der Waals surface area contributed by atoms with E-state index in [1.165, 1.54) is 12.1 Å². The number of nitrogens with one attached hydrogen (secondary N) is 2. The van der Waals surface area contributed by atoms with E-state index in [-0.39, 0.29) is 23.0 Å². The number of benzene rings is 2. The van der Waals surface area contributed by atoms with Gasteiger partial charge in [0, 0.05) is 11.9 Å². The highest BCUT2D eigenvalue weighted by molar-refractivity contribution is 5.96. The minimum atomic E-state index is -0.357. The number of H-pyrrole nitrogens is 1. The van der Waals surface area contributed by atoms with Gasteiger partial charge in [0.1, 0.15) is 11.5 Å². The molecule has 3 rings (SSSR count). The van der Waals surface area contributed by atoms with Gasteiger partial charge in [-0.05, 0) is 41.6 Å². The van der Waals surface area contributed by atoms with Crippen molar-refractivity contribution in [3.05, 3.63) is 82.0 Å². The van der Waals surface area contributed by atoms with Gasteiger partial charge in [0.15, 0.2) is 0 Å². The molecule has 2 aromatic carbocycles. The van der Waals surface area contributed by atoms with Crippen LogP contribution in [0.15, 0.2) is 59.4 Å². The van der Waals surface area contributed by atoms with Crippen molar-refractivity contribution in [2.45, 2.75) is 6.42 Å². The molecule has 1 aromatic heterocycles. The average molecular weight is 310 g/mol. The van der Waals surface area contributed by atoms with Crippen LogP contribution in [-0.4, -0.2) is 17.4 Å². The highest BCUT2D eigenvalue weighted by Crippen LogP contribution is 2.10. The lowest BCUT2D eigenvalue weighted by Crippen LogP contribution is -2.28. The lowest BCUT2D eigenvalue weighted by Gasteiger charge is -2.06. The van der Waals surface area contributed by atoms with Gasteiger partial charge in [-0.15, -0.1) is 0 Å². The number of halogens is 1. The SMILES string of the molecule is O=C(NCCc1cccc(F)c1)c1cc2ccccc2c(=O)[nH]1. The number of amides is 1. The Kier molecular flexibility index (Phi) is 4.19. The van der Waals surface area contributed by atoms with Crippen LogP contribution >= 0.6 is 0 Å². The molecule has 1 amide bonds. The molecule has 2 N–H and O–H groups in total. The van der Waals surface area contributed by atoms with E-state index in [1.54, 1.807) is 36.4 Å². The molecule has 0 aliphatic rings. The molecule has 0 atom stereocenters. The van der Waals surface area contributed by atoms with Crippen molar-refractivity contribution in [3.63, 3.8) is 0 Å². The van der Waals surface area contributed by atoms with E-state index in [9.17, 15) is 14.0 Å². The van der Waals surface area contributed by atoms with Crippen LogP contribution < -0.4 is 10.9 Å². The molecule has 3 aromatic rings. The molecule has 0 saturated heterocycles. The van der Waals surface area contributed by atoms with Gasteiger partial charge < -0.3 is 10.3 Å². The third-order valence-corrected chi connectivity index (χ3v) is 3.59. The number of fused-ring (bicyclic) bond motifs is 1. The van der Waals surface area contributed by atoms with Gasteiger partial charge in [0.05, 0.1) is 0 Å². The average Bonchev–Trinajstić information content (AvgIpc) is 2.55. The minimum absolute atomic E-state index is 0.216. The molecule has 0 spiro atoms. The number of pyridine rings is 1. The fraction of sp³-hybridized carbons (Fsp3) is 0.111. The first-order chi connectivity index (χ1) is 11.1. The predicted molar refractivity (Wildman–Crippen MR) is 87.0 cm³/mol. The van der Waals surface area contributed by atoms with Crippen LogP contribution in [0.1, 0.15) is 16.1 Å². The number of hydrogen-bond acceptors (Lipinski definition) is 2. The quantitative estimate of drug-likeness (QED) is 0.778. The van der Waals surface area contributed by atoms with Gasteiger partial charge in [-0.25, -0.2) is 4.39 Å². The summed E-state index contributed by atoms with van der Waals surface area (Å²) in [6.45, 7) is 0.358. The Labute approximate surface area is 132 Å². The number of carbonyl (C=O) groups excluding carboxylic acids is 1. The largest absolute Gasteiger partial charge is 0.350 e. The molecule has 0 unspecified atom stereocenters. The molecule has 0 saturated carbocycles. The van der Waals surface area contributed by atoms with Gasteiger partial charge in [-0.3, -0.25) is 9.59 Å². The van der Waals surface area contributed by atoms with Crippen molar-refractivity contribution in [2.24, 2.45) is 0 Å². The molecule has 23 heavy (non-hydrogen) atoms. The monoisotopic (exact) mass is 310 g/mol. The zero-order chi connectivity index (χ0) is 16.2. The second kappa shape index (κ2) is 6.44. The van der Waals surface area contributed by atoms with Gasteiger partial charge >= 0.3 is 0 Å². The molecule has 0 fully saturated rings. The standard InChI is InChI=1S/C18H15FN2O2/c19-14-6-3-4-12(10-14)8-9-20-18(23)16-11-13-5-1-2-7-15(13)17(22)21-16/h1-7,10-11H,8-9H2,(H,20,23)(H,21,22). The summed E-state index contributed by atoms with van der Waals surface area (Å²) in [5, 5.41) is 3.99. The Morgan fingerprint density at radius 2 is 1.91 bits per heavy atom. The molecular formula is C18H15FN2O2. The molecular weight excluding hydrogens is 295 g/mol. The summed E-state index contributed by atoms with van der Waals surface area (Å²) in [7, 11) is 0. The van der Waals surface area contributed by atoms with Crippen molar-refractivity contribution in [3.8, 4) is 0 Å². The smallest absolute Gasteiger partial charge is 0.267 e. The van der Waals surface area contributed by atoms with Crippen molar-refractivity contribution in [2.75, 3.05) is 6.54 Å². The second-order valence-electron chi connectivity index (χ2n) is 5.24. The Bertz CT molecular complexity index is 918. The first-order valence-electron chi connectivity index (χ1n) is 7.28. The lowest BCUT2D eigenvalue weighted by atomic mass is 10.1. The van der Waals surface area contributed by atoms with Crippen LogP contribution in [0.4, 0.5) is 4.39 Å². The van der Waals surface area contributed by atoms with Crippen molar-refractivity contribution >= 4 is 16.7 Å². The molecule has 0 aliphatic carbocycles. The van der Waals surface area contributed by atoms with Crippen LogP contribution in [0.2, 0.25) is 0 Å². The summed E-state index contributed by atoms with van der Waals surface area (Å²) >= 11 is 0. The molecule has 4 nitrogen and oxygen atoms in total. The van der Waals surface area contributed by atoms with E-state index >= 15 is 0 Å². The number of hydrogen-bond donors (Lipinski definition) is 2. The predicted octanol–water partition coefficient (Wildman–Crippen LogP) is 2.64. The van der Waals surface area contributed by atoms with Crippen molar-refractivity contribution in [1.82, 2.24) is 10.3 Å². The Morgan fingerprint density at radius 1 is 1.09 bits per heavy atom. The zero-order valence-electron chi connectivity index (χ0n) is 12.3. The van der Waals surface area contributed by atoms with Crippen LogP contribution in [0, 0.1) is 5.82 Å². The normalized spacial score (nSPS) is 10.7. The first-order valence-corrected chi connectivity index (χ1v) is 7.28. The maximum absolute atomic E-state index is 13.1. The summed E-state index contributed by atoms with van der Waals surface area (Å²) < 4.78 is 13.1. The third-order valence-electron chi connectivity index (χ3n) is 3.59. The summed E-state index contributed by atoms with van der Waals surface area (Å²) in [4.78, 5) is 26.7. The third kappa shape index (κ3) is 3.45. The van der Waals surface area contributed by atoms with Crippen LogP contribution in [0.25, 0.3) is 10.8 Å². The number of aromatic amines is 1. The van der Waals surface area contributed by atoms with E-state index in [4.69, 9.17) is 0 Å². The number of rotatable bonds is 4. The maximum atomic E-state index is 13.1. The van der Waals surface area contributed by atoms with Gasteiger partial charge in [0.2, 0.25) is 0 Å². The Balaban J connectivity index is 1.70. The lowest BCUT2D eigenvalue weighted by molar-refractivity contribution is 0.0949. The molecule has 1 heterocycles. The molecule has 5 heteroatoms. The second-order valence-corrected chi connectivity index (χ2v) is 5.24.